The van der Waals surface area contributed by atoms with Gasteiger partial charge in [0.25, 0.3) is 0 Å². The number of nitrogens with one attached hydrogen (secondary N) is 1. The van der Waals surface area contributed by atoms with Gasteiger partial charge in [-0.15, -0.1) is 0 Å². The third kappa shape index (κ3) is 3.92. The molecule has 108 valence electrons. The first-order chi connectivity index (χ1) is 9.38. The fourth-order valence-electron chi connectivity index (χ4n) is 1.22. The van der Waals surface area contributed by atoms with Crippen molar-refractivity contribution in [3.63, 3.8) is 0 Å². The van der Waals surface area contributed by atoms with E-state index in [0.717, 1.165) is 32.4 Å². The smallest absolute Gasteiger partial charge is 0.354 e. The number of methoxy groups -OCH3 is 2. The lowest BCUT2D eigenvalue weighted by molar-refractivity contribution is -0.138. The Bertz CT molecular complexity index is 552. The van der Waals surface area contributed by atoms with E-state index in [9.17, 15) is 18.4 Å². The minimum Gasteiger partial charge on any atom is -0.466 e. The summed E-state index contributed by atoms with van der Waals surface area (Å²) in [5.41, 5.74) is -0.351. The minimum absolute atomic E-state index is 0.0329. The van der Waals surface area contributed by atoms with E-state index in [2.05, 4.69) is 14.8 Å². The van der Waals surface area contributed by atoms with Crippen molar-refractivity contribution in [2.75, 3.05) is 19.5 Å². The van der Waals surface area contributed by atoms with Crippen molar-refractivity contribution < 1.29 is 27.8 Å². The van der Waals surface area contributed by atoms with Crippen LogP contribution < -0.4 is 5.32 Å². The molecule has 1 N–H and O–H groups in total. The Morgan fingerprint density at radius 2 is 1.90 bits per heavy atom. The standard InChI is InChI=1S/C12H10ClF2NO4/c1-19-10(17)5-9(12(18)20-2)16-6-3-7(13)11(15)8(14)4-6/h3-5,16H,1-2H3/b9-5+. The average molecular weight is 306 g/mol. The fourth-order valence-corrected chi connectivity index (χ4v) is 1.42. The van der Waals surface area contributed by atoms with E-state index in [1.165, 1.54) is 0 Å². The van der Waals surface area contributed by atoms with Gasteiger partial charge >= 0.3 is 11.9 Å². The molecule has 0 unspecified atom stereocenters. The molecule has 0 bridgehead atoms. The average Bonchev–Trinajstić information content (AvgIpc) is 2.42. The second kappa shape index (κ2) is 6.85. The van der Waals surface area contributed by atoms with Crippen LogP contribution in [0.25, 0.3) is 0 Å². The third-order valence-corrected chi connectivity index (χ3v) is 2.41. The molecule has 0 saturated carbocycles. The first-order valence-electron chi connectivity index (χ1n) is 5.18. The zero-order chi connectivity index (χ0) is 15.3. The van der Waals surface area contributed by atoms with Crippen LogP contribution in [0.5, 0.6) is 0 Å². The van der Waals surface area contributed by atoms with E-state index in [1.807, 2.05) is 0 Å². The number of benzene rings is 1. The highest BCUT2D eigenvalue weighted by Crippen LogP contribution is 2.23. The number of carbonyl (C=O) groups is 2. The summed E-state index contributed by atoms with van der Waals surface area (Å²) in [6.07, 6.45) is 0.807. The van der Waals surface area contributed by atoms with Crippen LogP contribution in [0.15, 0.2) is 23.9 Å². The zero-order valence-electron chi connectivity index (χ0n) is 10.5. The number of carbonyl (C=O) groups excluding carboxylic acids is 2. The lowest BCUT2D eigenvalue weighted by Crippen LogP contribution is -2.15. The number of halogens is 3. The van der Waals surface area contributed by atoms with Crippen molar-refractivity contribution in [2.24, 2.45) is 0 Å². The molecule has 0 amide bonds. The highest BCUT2D eigenvalue weighted by atomic mass is 35.5. The molecule has 0 heterocycles. The van der Waals surface area contributed by atoms with Gasteiger partial charge in [-0.3, -0.25) is 0 Å². The van der Waals surface area contributed by atoms with Gasteiger partial charge in [0, 0.05) is 11.8 Å². The molecule has 0 aliphatic rings. The Hall–Kier alpha value is -2.15. The van der Waals surface area contributed by atoms with Crippen LogP contribution in [0.2, 0.25) is 5.02 Å². The SMILES string of the molecule is COC(=O)/C=C(/Nc1cc(F)c(F)c(Cl)c1)C(=O)OC. The number of ether oxygens (including phenoxy) is 2. The highest BCUT2D eigenvalue weighted by molar-refractivity contribution is 6.31. The van der Waals surface area contributed by atoms with E-state index >= 15 is 0 Å². The molecule has 0 fully saturated rings. The minimum atomic E-state index is -1.21. The van der Waals surface area contributed by atoms with Gasteiger partial charge in [-0.05, 0) is 6.07 Å². The molecule has 0 atom stereocenters. The van der Waals surface area contributed by atoms with Gasteiger partial charge in [-0.25, -0.2) is 18.4 Å². The molecular weight excluding hydrogens is 296 g/mol. The predicted molar refractivity (Wildman–Crippen MR) is 67.1 cm³/mol. The number of rotatable bonds is 4. The maximum atomic E-state index is 13.2. The fraction of sp³-hybridized carbons (Fsp3) is 0.167. The maximum Gasteiger partial charge on any atom is 0.354 e. The number of hydrogen-bond acceptors (Lipinski definition) is 5. The molecule has 1 aromatic rings. The maximum absolute atomic E-state index is 13.2. The van der Waals surface area contributed by atoms with Gasteiger partial charge in [-0.2, -0.15) is 0 Å². The summed E-state index contributed by atoms with van der Waals surface area (Å²) in [5, 5.41) is 1.92. The van der Waals surface area contributed by atoms with Crippen LogP contribution in [0, 0.1) is 11.6 Å². The normalized spacial score (nSPS) is 10.9. The van der Waals surface area contributed by atoms with Crippen molar-refractivity contribution in [2.45, 2.75) is 0 Å². The number of anilines is 1. The molecule has 0 spiro atoms. The van der Waals surface area contributed by atoms with Crippen LogP contribution in [0.1, 0.15) is 0 Å². The summed E-state index contributed by atoms with van der Waals surface area (Å²) in [7, 11) is 2.20. The first kappa shape index (κ1) is 15.9. The van der Waals surface area contributed by atoms with Crippen molar-refractivity contribution in [1.82, 2.24) is 0 Å². The van der Waals surface area contributed by atoms with Crippen molar-refractivity contribution in [3.05, 3.63) is 40.6 Å². The van der Waals surface area contributed by atoms with Crippen LogP contribution in [0.4, 0.5) is 14.5 Å². The second-order valence-electron chi connectivity index (χ2n) is 3.45. The third-order valence-electron chi connectivity index (χ3n) is 2.13. The predicted octanol–water partition coefficient (Wildman–Crippen LogP) is 2.26. The van der Waals surface area contributed by atoms with Crippen molar-refractivity contribution in [3.8, 4) is 0 Å². The van der Waals surface area contributed by atoms with Gasteiger partial charge in [0.1, 0.15) is 5.70 Å². The summed E-state index contributed by atoms with van der Waals surface area (Å²) in [4.78, 5) is 22.6. The molecular formula is C12H10ClF2NO4. The molecule has 0 radical (unpaired) electrons. The van der Waals surface area contributed by atoms with Crippen molar-refractivity contribution in [1.29, 1.82) is 0 Å². The Labute approximate surface area is 118 Å². The van der Waals surface area contributed by atoms with E-state index < -0.39 is 28.6 Å². The van der Waals surface area contributed by atoms with E-state index in [4.69, 9.17) is 11.6 Å². The molecule has 1 rings (SSSR count). The second-order valence-corrected chi connectivity index (χ2v) is 3.86. The van der Waals surface area contributed by atoms with Crippen LogP contribution in [-0.4, -0.2) is 26.2 Å². The molecule has 1 aromatic carbocycles. The lowest BCUT2D eigenvalue weighted by Gasteiger charge is -2.10. The number of hydrogen-bond donors (Lipinski definition) is 1. The van der Waals surface area contributed by atoms with Crippen LogP contribution in [0.3, 0.4) is 0 Å². The molecule has 0 aliphatic heterocycles. The summed E-state index contributed by atoms with van der Waals surface area (Å²) in [5.74, 6) is -4.14. The van der Waals surface area contributed by atoms with Gasteiger partial charge in [0.05, 0.1) is 25.3 Å². The summed E-state index contributed by atoms with van der Waals surface area (Å²) < 4.78 is 35.0. The van der Waals surface area contributed by atoms with E-state index in [-0.39, 0.29) is 11.4 Å². The monoisotopic (exact) mass is 305 g/mol. The van der Waals surface area contributed by atoms with E-state index in [1.54, 1.807) is 0 Å². The Morgan fingerprint density at radius 3 is 2.40 bits per heavy atom. The lowest BCUT2D eigenvalue weighted by atomic mass is 10.2. The van der Waals surface area contributed by atoms with Crippen LogP contribution in [-0.2, 0) is 19.1 Å². The topological polar surface area (TPSA) is 64.6 Å². The van der Waals surface area contributed by atoms with E-state index in [0.29, 0.717) is 0 Å². The molecule has 20 heavy (non-hydrogen) atoms. The largest absolute Gasteiger partial charge is 0.466 e. The summed E-state index contributed by atoms with van der Waals surface area (Å²) in [6, 6.07) is 1.82. The van der Waals surface area contributed by atoms with Gasteiger partial charge < -0.3 is 14.8 Å². The van der Waals surface area contributed by atoms with Gasteiger partial charge in [0.15, 0.2) is 11.6 Å². The quantitative estimate of drug-likeness (QED) is 0.525. The van der Waals surface area contributed by atoms with Crippen molar-refractivity contribution >= 4 is 29.2 Å². The first-order valence-corrected chi connectivity index (χ1v) is 5.56. The molecule has 0 aliphatic carbocycles. The van der Waals surface area contributed by atoms with Crippen LogP contribution >= 0.6 is 11.6 Å². The van der Waals surface area contributed by atoms with Gasteiger partial charge in [-0.1, -0.05) is 11.6 Å². The number of esters is 2. The Kier molecular flexibility index (Phi) is 5.45. The Morgan fingerprint density at radius 1 is 1.25 bits per heavy atom. The molecule has 5 nitrogen and oxygen atoms in total. The zero-order valence-corrected chi connectivity index (χ0v) is 11.3. The molecule has 8 heteroatoms. The summed E-state index contributed by atoms with van der Waals surface area (Å²) in [6.45, 7) is 0. The Balaban J connectivity index is 3.10. The molecule has 0 aromatic heterocycles. The highest BCUT2D eigenvalue weighted by Gasteiger charge is 2.15. The summed E-state index contributed by atoms with van der Waals surface area (Å²) >= 11 is 5.47. The molecule has 0 saturated heterocycles. The van der Waals surface area contributed by atoms with Gasteiger partial charge in [0.2, 0.25) is 0 Å².